The molecule has 2 nitrogen and oxygen atoms in total. The zero-order valence-corrected chi connectivity index (χ0v) is 19.2. The molecule has 6 rings (SSSR count). The van der Waals surface area contributed by atoms with Crippen molar-refractivity contribution in [2.45, 2.75) is 97.2 Å². The van der Waals surface area contributed by atoms with Crippen molar-refractivity contribution in [2.24, 2.45) is 34.5 Å². The van der Waals surface area contributed by atoms with Crippen LogP contribution in [0.15, 0.2) is 36.0 Å². The molecule has 1 saturated heterocycles. The largest absolute Gasteiger partial charge is 0.224 e. The Hall–Kier alpha value is -0.860. The molecule has 0 aromatic rings. The van der Waals surface area contributed by atoms with E-state index in [1.807, 2.05) is 0 Å². The predicted molar refractivity (Wildman–Crippen MR) is 118 cm³/mol. The molecule has 160 valence electrons. The molecule has 7 atom stereocenters. The van der Waals surface area contributed by atoms with Crippen molar-refractivity contribution in [1.82, 2.24) is 0 Å². The van der Waals surface area contributed by atoms with E-state index in [0.717, 1.165) is 12.3 Å². The van der Waals surface area contributed by atoms with E-state index in [2.05, 4.69) is 65.0 Å². The Morgan fingerprint density at radius 1 is 1.07 bits per heavy atom. The van der Waals surface area contributed by atoms with Crippen LogP contribution in [-0.4, -0.2) is 11.2 Å². The van der Waals surface area contributed by atoms with E-state index < -0.39 is 0 Å². The highest BCUT2D eigenvalue weighted by Crippen LogP contribution is 2.71. The van der Waals surface area contributed by atoms with E-state index in [1.54, 1.807) is 5.57 Å². The molecular formula is C27H40O2. The number of rotatable bonds is 4. The van der Waals surface area contributed by atoms with Crippen molar-refractivity contribution in [3.63, 3.8) is 0 Å². The number of hydrogen-bond acceptors (Lipinski definition) is 2. The molecule has 4 aliphatic carbocycles. The zero-order valence-electron chi connectivity index (χ0n) is 19.2. The Kier molecular flexibility index (Phi) is 4.54. The Bertz CT molecular complexity index is 762. The van der Waals surface area contributed by atoms with E-state index in [4.69, 9.17) is 9.78 Å². The molecule has 0 aromatic heterocycles. The van der Waals surface area contributed by atoms with Gasteiger partial charge in [-0.15, -0.1) is 0 Å². The summed E-state index contributed by atoms with van der Waals surface area (Å²) in [4.78, 5) is 12.8. The maximum atomic E-state index is 6.44. The van der Waals surface area contributed by atoms with Gasteiger partial charge in [0.1, 0.15) is 11.2 Å². The highest BCUT2D eigenvalue weighted by molar-refractivity contribution is 5.47. The minimum Gasteiger partial charge on any atom is -0.224 e. The van der Waals surface area contributed by atoms with Crippen LogP contribution in [-0.2, 0) is 9.78 Å². The summed E-state index contributed by atoms with van der Waals surface area (Å²) in [6.07, 6.45) is 22.2. The summed E-state index contributed by atoms with van der Waals surface area (Å²) in [7, 11) is 0. The van der Waals surface area contributed by atoms with Crippen LogP contribution < -0.4 is 0 Å². The Labute approximate surface area is 177 Å². The lowest BCUT2D eigenvalue weighted by Gasteiger charge is -2.65. The van der Waals surface area contributed by atoms with Crippen LogP contribution in [0.2, 0.25) is 0 Å². The first-order valence-electron chi connectivity index (χ1n) is 12.2. The summed E-state index contributed by atoms with van der Waals surface area (Å²) < 4.78 is 0. The molecule has 0 N–H and O–H groups in total. The molecule has 2 saturated carbocycles. The molecule has 6 aliphatic rings. The Balaban J connectivity index is 1.49. The fraction of sp³-hybridized carbons (Fsp3) is 0.778. The lowest BCUT2D eigenvalue weighted by Crippen LogP contribution is -2.68. The van der Waals surface area contributed by atoms with Gasteiger partial charge in [-0.3, -0.25) is 0 Å². The van der Waals surface area contributed by atoms with Gasteiger partial charge in [0.2, 0.25) is 0 Å². The molecule has 29 heavy (non-hydrogen) atoms. The summed E-state index contributed by atoms with van der Waals surface area (Å²) in [6, 6.07) is 0. The molecule has 0 aromatic carbocycles. The van der Waals surface area contributed by atoms with Gasteiger partial charge >= 0.3 is 0 Å². The van der Waals surface area contributed by atoms with Crippen LogP contribution in [0.4, 0.5) is 0 Å². The third-order valence-corrected chi connectivity index (χ3v) is 9.71. The number of hydrogen-bond donors (Lipinski definition) is 0. The Morgan fingerprint density at radius 2 is 1.86 bits per heavy atom. The summed E-state index contributed by atoms with van der Waals surface area (Å²) in [5, 5.41) is 0. The SMILES string of the molecule is CC(C)C/C=C/[C@@H](C)[C@H]1CC[C@@H]2[C@]1(C)CC=C1[C@]23C=C[C@]2(CCCC[C@]12C)OO3. The van der Waals surface area contributed by atoms with Gasteiger partial charge in [0.05, 0.1) is 0 Å². The van der Waals surface area contributed by atoms with Gasteiger partial charge in [-0.05, 0) is 79.4 Å². The monoisotopic (exact) mass is 396 g/mol. The Morgan fingerprint density at radius 3 is 2.59 bits per heavy atom. The molecule has 2 spiro atoms. The molecule has 3 fully saturated rings. The molecule has 2 heterocycles. The molecule has 2 heteroatoms. The van der Waals surface area contributed by atoms with Crippen LogP contribution in [0.5, 0.6) is 0 Å². The molecule has 0 amide bonds. The van der Waals surface area contributed by atoms with Crippen LogP contribution in [0, 0.1) is 34.5 Å². The predicted octanol–water partition coefficient (Wildman–Crippen LogP) is 7.18. The highest BCUT2D eigenvalue weighted by atomic mass is 17.2. The van der Waals surface area contributed by atoms with Gasteiger partial charge in [0.25, 0.3) is 0 Å². The van der Waals surface area contributed by atoms with Crippen LogP contribution in [0.1, 0.15) is 86.0 Å². The van der Waals surface area contributed by atoms with E-state index in [0.29, 0.717) is 17.8 Å². The fourth-order valence-corrected chi connectivity index (χ4v) is 8.03. The van der Waals surface area contributed by atoms with E-state index in [1.165, 1.54) is 44.9 Å². The van der Waals surface area contributed by atoms with Gasteiger partial charge in [0.15, 0.2) is 0 Å². The number of allylic oxidation sites excluding steroid dienone is 3. The number of fused-ring (bicyclic) bond motifs is 2. The third kappa shape index (κ3) is 2.54. The maximum absolute atomic E-state index is 6.44. The van der Waals surface area contributed by atoms with Crippen molar-refractivity contribution in [3.8, 4) is 0 Å². The lowest BCUT2D eigenvalue weighted by molar-refractivity contribution is -0.452. The van der Waals surface area contributed by atoms with Crippen LogP contribution >= 0.6 is 0 Å². The second-order valence-corrected chi connectivity index (χ2v) is 11.7. The van der Waals surface area contributed by atoms with Crippen molar-refractivity contribution < 1.29 is 9.78 Å². The smallest absolute Gasteiger partial charge is 0.147 e. The summed E-state index contributed by atoms with van der Waals surface area (Å²) in [6.45, 7) is 12.0. The molecule has 2 bridgehead atoms. The van der Waals surface area contributed by atoms with Gasteiger partial charge < -0.3 is 0 Å². The highest BCUT2D eigenvalue weighted by Gasteiger charge is 2.71. The summed E-state index contributed by atoms with van der Waals surface area (Å²) in [5.41, 5.74) is 1.40. The van der Waals surface area contributed by atoms with Crippen LogP contribution in [0.25, 0.3) is 0 Å². The van der Waals surface area contributed by atoms with Crippen molar-refractivity contribution >= 4 is 0 Å². The second kappa shape index (κ2) is 6.57. The minimum atomic E-state index is -0.322. The van der Waals surface area contributed by atoms with E-state index in [9.17, 15) is 0 Å². The zero-order chi connectivity index (χ0) is 20.5. The molecule has 2 aliphatic heterocycles. The summed E-state index contributed by atoms with van der Waals surface area (Å²) >= 11 is 0. The van der Waals surface area contributed by atoms with Gasteiger partial charge in [-0.25, -0.2) is 9.78 Å². The van der Waals surface area contributed by atoms with Gasteiger partial charge in [-0.2, -0.15) is 0 Å². The maximum Gasteiger partial charge on any atom is 0.147 e. The molecule has 0 radical (unpaired) electrons. The van der Waals surface area contributed by atoms with Gasteiger partial charge in [-0.1, -0.05) is 65.7 Å². The third-order valence-electron chi connectivity index (χ3n) is 9.71. The fourth-order valence-electron chi connectivity index (χ4n) is 8.03. The van der Waals surface area contributed by atoms with Crippen molar-refractivity contribution in [2.75, 3.05) is 0 Å². The van der Waals surface area contributed by atoms with E-state index >= 15 is 0 Å². The van der Waals surface area contributed by atoms with Crippen molar-refractivity contribution in [1.29, 1.82) is 0 Å². The van der Waals surface area contributed by atoms with Gasteiger partial charge in [0, 0.05) is 11.3 Å². The molecule has 0 unspecified atom stereocenters. The standard InChI is InChI=1S/C27H40O2/c1-19(2)9-8-10-20(3)21-11-12-22-24(21,4)16-13-23-25(5)14-6-7-15-26(25)17-18-27(22,23)29-28-26/h8,10,13,17-22H,6-7,9,11-12,14-16H2,1-5H3/b10-8+/t20-,21-,22-,24-,25-,26+,27+/m1/s1. The topological polar surface area (TPSA) is 18.5 Å². The average molecular weight is 397 g/mol. The first-order chi connectivity index (χ1) is 13.8. The van der Waals surface area contributed by atoms with Crippen molar-refractivity contribution in [3.05, 3.63) is 36.0 Å². The minimum absolute atomic E-state index is 0.112. The van der Waals surface area contributed by atoms with E-state index in [-0.39, 0.29) is 22.0 Å². The van der Waals surface area contributed by atoms with Crippen LogP contribution in [0.3, 0.4) is 0 Å². The second-order valence-electron chi connectivity index (χ2n) is 11.7. The first-order valence-corrected chi connectivity index (χ1v) is 12.2. The first kappa shape index (κ1) is 20.1. The average Bonchev–Trinajstić information content (AvgIpc) is 3.05. The quantitative estimate of drug-likeness (QED) is 0.370. The molecular weight excluding hydrogens is 356 g/mol. The lowest BCUT2D eigenvalue weighted by atomic mass is 9.47. The normalized spacial score (nSPS) is 49.1. The summed E-state index contributed by atoms with van der Waals surface area (Å²) in [5.74, 6) is 2.60.